The molecule has 1 aliphatic heterocycles. The zero-order valence-electron chi connectivity index (χ0n) is 15.2. The Hall–Kier alpha value is -2.69. The van der Waals surface area contributed by atoms with Gasteiger partial charge in [-0.25, -0.2) is 0 Å². The number of hydrogen-bond acceptors (Lipinski definition) is 3. The molecule has 0 aliphatic carbocycles. The van der Waals surface area contributed by atoms with Gasteiger partial charge in [0.2, 0.25) is 11.7 Å². The predicted octanol–water partition coefficient (Wildman–Crippen LogP) is 2.67. The minimum absolute atomic E-state index is 0.000423. The number of amides is 2. The van der Waals surface area contributed by atoms with Gasteiger partial charge >= 0.3 is 0 Å². The Bertz CT molecular complexity index is 839. The monoisotopic (exact) mass is 352 g/mol. The van der Waals surface area contributed by atoms with Crippen molar-refractivity contribution in [2.45, 2.75) is 39.3 Å². The molecule has 1 aliphatic rings. The van der Waals surface area contributed by atoms with E-state index in [1.807, 2.05) is 50.2 Å². The van der Waals surface area contributed by atoms with Gasteiger partial charge in [0.1, 0.15) is 0 Å². The average molecular weight is 352 g/mol. The molecule has 26 heavy (non-hydrogen) atoms. The third-order valence-corrected chi connectivity index (χ3v) is 4.64. The number of nitrogens with one attached hydrogen (secondary N) is 1. The highest BCUT2D eigenvalue weighted by Gasteiger charge is 2.32. The van der Waals surface area contributed by atoms with Gasteiger partial charge in [0.25, 0.3) is 5.91 Å². The lowest BCUT2D eigenvalue weighted by atomic mass is 10.0. The minimum Gasteiger partial charge on any atom is -0.344 e. The molecular formula is C21H24N2O3. The normalized spacial score (nSPS) is 17.1. The molecule has 1 saturated heterocycles. The lowest BCUT2D eigenvalue weighted by molar-refractivity contribution is -0.138. The van der Waals surface area contributed by atoms with Gasteiger partial charge in [0.05, 0.1) is 6.04 Å². The summed E-state index contributed by atoms with van der Waals surface area (Å²) in [5.74, 6) is -0.857. The van der Waals surface area contributed by atoms with E-state index in [0.717, 1.165) is 16.3 Å². The number of carbonyl (C=O) groups is 3. The highest BCUT2D eigenvalue weighted by molar-refractivity contribution is 6.36. The summed E-state index contributed by atoms with van der Waals surface area (Å²) >= 11 is 0. The van der Waals surface area contributed by atoms with Crippen LogP contribution in [0.25, 0.3) is 10.8 Å². The molecule has 0 spiro atoms. The van der Waals surface area contributed by atoms with E-state index < -0.39 is 11.7 Å². The molecule has 136 valence electrons. The summed E-state index contributed by atoms with van der Waals surface area (Å²) in [6.07, 6.45) is 0.470. The Morgan fingerprint density at radius 3 is 2.65 bits per heavy atom. The van der Waals surface area contributed by atoms with E-state index >= 15 is 0 Å². The van der Waals surface area contributed by atoms with Crippen LogP contribution in [0.2, 0.25) is 0 Å². The van der Waals surface area contributed by atoms with E-state index in [4.69, 9.17) is 0 Å². The predicted molar refractivity (Wildman–Crippen MR) is 100 cm³/mol. The van der Waals surface area contributed by atoms with Crippen LogP contribution < -0.4 is 5.32 Å². The standard InChI is InChI=1S/C21H24N2O3/c1-14(2)10-19(24)21(26)22-17-11-20(25)23(13-17)12-16-8-5-7-15-6-3-4-9-18(15)16/h3-9,14,17H,10-13H2,1-2H3,(H,22,26). The van der Waals surface area contributed by atoms with Crippen LogP contribution in [0.3, 0.4) is 0 Å². The maximum Gasteiger partial charge on any atom is 0.287 e. The fourth-order valence-corrected chi connectivity index (χ4v) is 3.39. The average Bonchev–Trinajstić information content (AvgIpc) is 2.93. The van der Waals surface area contributed by atoms with Crippen LogP contribution in [-0.2, 0) is 20.9 Å². The molecule has 1 unspecified atom stereocenters. The zero-order chi connectivity index (χ0) is 18.7. The van der Waals surface area contributed by atoms with E-state index in [1.165, 1.54) is 0 Å². The number of benzene rings is 2. The second-order valence-corrected chi connectivity index (χ2v) is 7.31. The third kappa shape index (κ3) is 4.10. The number of fused-ring (bicyclic) bond motifs is 1. The van der Waals surface area contributed by atoms with E-state index in [0.29, 0.717) is 13.1 Å². The lowest BCUT2D eigenvalue weighted by Crippen LogP contribution is -2.41. The first-order chi connectivity index (χ1) is 12.4. The number of rotatable bonds is 6. The molecule has 2 aromatic rings. The molecular weight excluding hydrogens is 328 g/mol. The van der Waals surface area contributed by atoms with Crippen molar-refractivity contribution in [2.24, 2.45) is 5.92 Å². The van der Waals surface area contributed by atoms with Gasteiger partial charge in [0.15, 0.2) is 0 Å². The summed E-state index contributed by atoms with van der Waals surface area (Å²) in [7, 11) is 0. The van der Waals surface area contributed by atoms with E-state index in [1.54, 1.807) is 4.90 Å². The van der Waals surface area contributed by atoms with Crippen molar-refractivity contribution in [1.82, 2.24) is 10.2 Å². The van der Waals surface area contributed by atoms with Crippen molar-refractivity contribution in [3.63, 3.8) is 0 Å². The Morgan fingerprint density at radius 1 is 1.15 bits per heavy atom. The second kappa shape index (κ2) is 7.68. The first-order valence-corrected chi connectivity index (χ1v) is 9.02. The van der Waals surface area contributed by atoms with Gasteiger partial charge in [-0.2, -0.15) is 0 Å². The third-order valence-electron chi connectivity index (χ3n) is 4.64. The molecule has 1 fully saturated rings. The van der Waals surface area contributed by atoms with Gasteiger partial charge in [-0.05, 0) is 22.3 Å². The number of likely N-dealkylation sites (tertiary alicyclic amines) is 1. The summed E-state index contributed by atoms with van der Waals surface area (Å²) in [5, 5.41) is 4.98. The van der Waals surface area contributed by atoms with Crippen molar-refractivity contribution in [1.29, 1.82) is 0 Å². The first-order valence-electron chi connectivity index (χ1n) is 9.02. The Labute approximate surface area is 153 Å². The lowest BCUT2D eigenvalue weighted by Gasteiger charge is -2.18. The maximum atomic E-state index is 12.3. The molecule has 3 rings (SSSR count). The fraction of sp³-hybridized carbons (Fsp3) is 0.381. The Kier molecular flexibility index (Phi) is 5.35. The molecule has 5 nitrogen and oxygen atoms in total. The zero-order valence-corrected chi connectivity index (χ0v) is 15.2. The highest BCUT2D eigenvalue weighted by Crippen LogP contribution is 2.22. The van der Waals surface area contributed by atoms with Crippen LogP contribution >= 0.6 is 0 Å². The highest BCUT2D eigenvalue weighted by atomic mass is 16.2. The molecule has 2 aromatic carbocycles. The summed E-state index contributed by atoms with van der Waals surface area (Å²) in [6.45, 7) is 4.74. The van der Waals surface area contributed by atoms with Crippen molar-refractivity contribution in [2.75, 3.05) is 6.54 Å². The molecule has 1 N–H and O–H groups in total. The number of hydrogen-bond donors (Lipinski definition) is 1. The van der Waals surface area contributed by atoms with E-state index in [2.05, 4.69) is 11.4 Å². The van der Waals surface area contributed by atoms with Crippen LogP contribution in [0.5, 0.6) is 0 Å². The molecule has 0 saturated carbocycles. The SMILES string of the molecule is CC(C)CC(=O)C(=O)NC1CC(=O)N(Cc2cccc3ccccc23)C1. The van der Waals surface area contributed by atoms with Crippen LogP contribution in [0.4, 0.5) is 0 Å². The van der Waals surface area contributed by atoms with Gasteiger partial charge < -0.3 is 10.2 Å². The van der Waals surface area contributed by atoms with Crippen LogP contribution in [0.1, 0.15) is 32.3 Å². The molecule has 0 radical (unpaired) electrons. The van der Waals surface area contributed by atoms with Crippen LogP contribution in [0.15, 0.2) is 42.5 Å². The number of ketones is 1. The van der Waals surface area contributed by atoms with Gasteiger partial charge in [0, 0.05) is 25.9 Å². The van der Waals surface area contributed by atoms with Crippen LogP contribution in [-0.4, -0.2) is 35.1 Å². The summed E-state index contributed by atoms with van der Waals surface area (Å²) < 4.78 is 0. The first kappa shape index (κ1) is 18.1. The number of carbonyl (C=O) groups excluding carboxylic acids is 3. The maximum absolute atomic E-state index is 12.3. The second-order valence-electron chi connectivity index (χ2n) is 7.31. The van der Waals surface area contributed by atoms with Crippen molar-refractivity contribution in [3.8, 4) is 0 Å². The minimum atomic E-state index is -0.580. The smallest absolute Gasteiger partial charge is 0.287 e. The van der Waals surface area contributed by atoms with Crippen molar-refractivity contribution < 1.29 is 14.4 Å². The molecule has 0 aromatic heterocycles. The largest absolute Gasteiger partial charge is 0.344 e. The molecule has 0 bridgehead atoms. The molecule has 1 atom stereocenters. The fourth-order valence-electron chi connectivity index (χ4n) is 3.39. The number of nitrogens with zero attached hydrogens (tertiary/aromatic N) is 1. The van der Waals surface area contributed by atoms with Crippen LogP contribution in [0, 0.1) is 5.92 Å². The molecule has 5 heteroatoms. The van der Waals surface area contributed by atoms with E-state index in [9.17, 15) is 14.4 Å². The van der Waals surface area contributed by atoms with Crippen molar-refractivity contribution in [3.05, 3.63) is 48.0 Å². The summed E-state index contributed by atoms with van der Waals surface area (Å²) in [4.78, 5) is 37.9. The topological polar surface area (TPSA) is 66.5 Å². The number of Topliss-reactive ketones (excluding diaryl/α,β-unsaturated/α-hetero) is 1. The Morgan fingerprint density at radius 2 is 1.88 bits per heavy atom. The van der Waals surface area contributed by atoms with Crippen molar-refractivity contribution >= 4 is 28.4 Å². The van der Waals surface area contributed by atoms with E-state index in [-0.39, 0.29) is 30.7 Å². The molecule has 2 amide bonds. The van der Waals surface area contributed by atoms with Gasteiger partial charge in [-0.3, -0.25) is 14.4 Å². The van der Waals surface area contributed by atoms with Gasteiger partial charge in [-0.1, -0.05) is 56.3 Å². The quantitative estimate of drug-likeness (QED) is 0.813. The molecule has 1 heterocycles. The Balaban J connectivity index is 1.65. The summed E-state index contributed by atoms with van der Waals surface area (Å²) in [6, 6.07) is 13.8. The van der Waals surface area contributed by atoms with Gasteiger partial charge in [-0.15, -0.1) is 0 Å². The summed E-state index contributed by atoms with van der Waals surface area (Å²) in [5.41, 5.74) is 1.08.